The molecule has 1 aromatic heterocycles. The van der Waals surface area contributed by atoms with Crippen LogP contribution in [-0.2, 0) is 0 Å². The number of halogens is 1. The Hall–Kier alpha value is -2.80. The molecule has 0 fully saturated rings. The van der Waals surface area contributed by atoms with Crippen molar-refractivity contribution >= 4 is 28.1 Å². The zero-order valence-electron chi connectivity index (χ0n) is 15.2. The van der Waals surface area contributed by atoms with Crippen LogP contribution < -0.4 is 15.2 Å². The Morgan fingerprint density at radius 1 is 1.26 bits per heavy atom. The number of ether oxygens (including phenoxy) is 2. The van der Waals surface area contributed by atoms with E-state index in [2.05, 4.69) is 32.9 Å². The summed E-state index contributed by atoms with van der Waals surface area (Å²) in [5.74, 6) is 1.65. The lowest BCUT2D eigenvalue weighted by Gasteiger charge is -2.12. The second-order valence-electron chi connectivity index (χ2n) is 5.82. The highest BCUT2D eigenvalue weighted by atomic mass is 79.9. The minimum absolute atomic E-state index is 0.319. The van der Waals surface area contributed by atoms with E-state index in [4.69, 9.17) is 15.2 Å². The number of aromatic nitrogens is 2. The zero-order valence-corrected chi connectivity index (χ0v) is 16.8. The Balaban J connectivity index is 1.86. The first-order valence-corrected chi connectivity index (χ1v) is 9.36. The third kappa shape index (κ3) is 4.49. The van der Waals surface area contributed by atoms with Crippen LogP contribution in [0, 0.1) is 0 Å². The van der Waals surface area contributed by atoms with Crippen LogP contribution in [-0.4, -0.2) is 29.6 Å². The Kier molecular flexibility index (Phi) is 6.13. The molecule has 0 radical (unpaired) electrons. The smallest absolute Gasteiger partial charge is 0.221 e. The average Bonchev–Trinajstić information content (AvgIpc) is 3.06. The fourth-order valence-corrected chi connectivity index (χ4v) is 3.09. The molecule has 0 saturated carbocycles. The molecule has 2 N–H and O–H groups in total. The largest absolute Gasteiger partial charge is 0.493 e. The van der Waals surface area contributed by atoms with Gasteiger partial charge in [-0.1, -0.05) is 37.3 Å². The van der Waals surface area contributed by atoms with Crippen LogP contribution in [0.4, 0.5) is 5.95 Å². The highest BCUT2D eigenvalue weighted by Gasteiger charge is 2.11. The molecule has 0 spiro atoms. The molecular formula is C20H21BrN4O2. The maximum absolute atomic E-state index is 5.99. The van der Waals surface area contributed by atoms with Gasteiger partial charge in [0.25, 0.3) is 0 Å². The SMILES string of the molecule is CCCOc1c(Br)cc(/C=N/n2cc(-c3ccccc3)nc2N)cc1OC. The molecule has 0 saturated heterocycles. The molecule has 2 aromatic carbocycles. The molecule has 0 aliphatic carbocycles. The number of hydrogen-bond donors (Lipinski definition) is 1. The third-order valence-corrected chi connectivity index (χ3v) is 4.41. The van der Waals surface area contributed by atoms with Crippen molar-refractivity contribution in [3.63, 3.8) is 0 Å². The van der Waals surface area contributed by atoms with Gasteiger partial charge in [-0.3, -0.25) is 0 Å². The molecule has 27 heavy (non-hydrogen) atoms. The summed E-state index contributed by atoms with van der Waals surface area (Å²) < 4.78 is 13.5. The second-order valence-corrected chi connectivity index (χ2v) is 6.68. The van der Waals surface area contributed by atoms with E-state index in [0.29, 0.717) is 24.1 Å². The van der Waals surface area contributed by atoms with Crippen molar-refractivity contribution in [3.8, 4) is 22.8 Å². The minimum atomic E-state index is 0.319. The Bertz CT molecular complexity index is 939. The molecule has 3 rings (SSSR count). The van der Waals surface area contributed by atoms with Crippen molar-refractivity contribution in [1.29, 1.82) is 0 Å². The number of anilines is 1. The standard InChI is InChI=1S/C20H21BrN4O2/c1-3-9-27-19-16(21)10-14(11-18(19)26-2)12-23-25-13-17(24-20(25)22)15-7-5-4-6-8-15/h4-8,10-13H,3,9H2,1-2H3,(H2,22,24)/b23-12+. The highest BCUT2D eigenvalue weighted by Crippen LogP contribution is 2.36. The van der Waals surface area contributed by atoms with Crippen molar-refractivity contribution in [3.05, 3.63) is 58.7 Å². The average molecular weight is 429 g/mol. The van der Waals surface area contributed by atoms with Crippen molar-refractivity contribution in [2.75, 3.05) is 19.5 Å². The molecule has 0 amide bonds. The topological polar surface area (TPSA) is 74.7 Å². The van der Waals surface area contributed by atoms with Crippen molar-refractivity contribution in [1.82, 2.24) is 9.66 Å². The van der Waals surface area contributed by atoms with E-state index in [9.17, 15) is 0 Å². The van der Waals surface area contributed by atoms with E-state index in [1.165, 1.54) is 0 Å². The molecule has 1 heterocycles. The quantitative estimate of drug-likeness (QED) is 0.559. The molecule has 6 nitrogen and oxygen atoms in total. The summed E-state index contributed by atoms with van der Waals surface area (Å²) in [4.78, 5) is 4.37. The van der Waals surface area contributed by atoms with Gasteiger partial charge in [0.2, 0.25) is 5.95 Å². The fourth-order valence-electron chi connectivity index (χ4n) is 2.51. The van der Waals surface area contributed by atoms with Gasteiger partial charge in [-0.05, 0) is 40.0 Å². The minimum Gasteiger partial charge on any atom is -0.493 e. The van der Waals surface area contributed by atoms with E-state index < -0.39 is 0 Å². The Morgan fingerprint density at radius 2 is 2.04 bits per heavy atom. The molecule has 0 unspecified atom stereocenters. The molecule has 0 aliphatic heterocycles. The first-order chi connectivity index (χ1) is 13.1. The van der Waals surface area contributed by atoms with E-state index in [0.717, 1.165) is 27.7 Å². The number of rotatable bonds is 7. The lowest BCUT2D eigenvalue weighted by atomic mass is 10.2. The van der Waals surface area contributed by atoms with Gasteiger partial charge in [0.1, 0.15) is 0 Å². The summed E-state index contributed by atoms with van der Waals surface area (Å²) >= 11 is 3.53. The maximum atomic E-state index is 5.99. The van der Waals surface area contributed by atoms with Gasteiger partial charge in [0.05, 0.1) is 36.3 Å². The van der Waals surface area contributed by atoms with E-state index in [-0.39, 0.29) is 0 Å². The zero-order chi connectivity index (χ0) is 19.2. The molecule has 140 valence electrons. The van der Waals surface area contributed by atoms with Crippen molar-refractivity contribution in [2.24, 2.45) is 5.10 Å². The fraction of sp³-hybridized carbons (Fsp3) is 0.200. The van der Waals surface area contributed by atoms with E-state index in [1.54, 1.807) is 24.2 Å². The number of benzene rings is 2. The van der Waals surface area contributed by atoms with Gasteiger partial charge in [0.15, 0.2) is 11.5 Å². The number of hydrogen-bond acceptors (Lipinski definition) is 5. The molecule has 7 heteroatoms. The van der Waals surface area contributed by atoms with E-state index >= 15 is 0 Å². The van der Waals surface area contributed by atoms with Crippen LogP contribution in [0.5, 0.6) is 11.5 Å². The number of nitrogens with zero attached hydrogens (tertiary/aromatic N) is 3. The maximum Gasteiger partial charge on any atom is 0.221 e. The van der Waals surface area contributed by atoms with Gasteiger partial charge in [-0.15, -0.1) is 0 Å². The summed E-state index contributed by atoms with van der Waals surface area (Å²) in [7, 11) is 1.61. The van der Waals surface area contributed by atoms with Crippen LogP contribution in [0.15, 0.2) is 58.2 Å². The van der Waals surface area contributed by atoms with Gasteiger partial charge in [0, 0.05) is 5.56 Å². The highest BCUT2D eigenvalue weighted by molar-refractivity contribution is 9.10. The van der Waals surface area contributed by atoms with Gasteiger partial charge in [-0.25, -0.2) is 9.66 Å². The molecule has 0 atom stereocenters. The van der Waals surface area contributed by atoms with Crippen LogP contribution in [0.25, 0.3) is 11.3 Å². The first-order valence-electron chi connectivity index (χ1n) is 8.57. The monoisotopic (exact) mass is 428 g/mol. The van der Waals surface area contributed by atoms with Gasteiger partial charge < -0.3 is 15.2 Å². The summed E-state index contributed by atoms with van der Waals surface area (Å²) in [5.41, 5.74) is 8.59. The predicted molar refractivity (Wildman–Crippen MR) is 112 cm³/mol. The van der Waals surface area contributed by atoms with E-state index in [1.807, 2.05) is 42.5 Å². The number of imidazole rings is 1. The summed E-state index contributed by atoms with van der Waals surface area (Å²) in [6.45, 7) is 2.68. The van der Waals surface area contributed by atoms with Gasteiger partial charge in [-0.2, -0.15) is 5.10 Å². The normalized spacial score (nSPS) is 11.1. The van der Waals surface area contributed by atoms with Gasteiger partial charge >= 0.3 is 0 Å². The number of nitrogens with two attached hydrogens (primary N) is 1. The van der Waals surface area contributed by atoms with Crippen molar-refractivity contribution in [2.45, 2.75) is 13.3 Å². The van der Waals surface area contributed by atoms with Crippen LogP contribution in [0.3, 0.4) is 0 Å². The second kappa shape index (κ2) is 8.73. The first kappa shape index (κ1) is 19.0. The predicted octanol–water partition coefficient (Wildman–Crippen LogP) is 4.57. The Morgan fingerprint density at radius 3 is 2.74 bits per heavy atom. The molecule has 0 bridgehead atoms. The third-order valence-electron chi connectivity index (χ3n) is 3.82. The lowest BCUT2D eigenvalue weighted by Crippen LogP contribution is -2.00. The summed E-state index contributed by atoms with van der Waals surface area (Å²) in [6.07, 6.45) is 4.42. The Labute approximate surface area is 166 Å². The van der Waals surface area contributed by atoms with Crippen LogP contribution in [0.2, 0.25) is 0 Å². The number of nitrogen functional groups attached to an aromatic ring is 1. The van der Waals surface area contributed by atoms with Crippen LogP contribution >= 0.6 is 15.9 Å². The summed E-state index contributed by atoms with van der Waals surface area (Å²) in [6, 6.07) is 13.6. The molecular weight excluding hydrogens is 408 g/mol. The van der Waals surface area contributed by atoms with Crippen LogP contribution in [0.1, 0.15) is 18.9 Å². The number of methoxy groups -OCH3 is 1. The summed E-state index contributed by atoms with van der Waals surface area (Å²) in [5, 5.41) is 4.42. The lowest BCUT2D eigenvalue weighted by molar-refractivity contribution is 0.292. The van der Waals surface area contributed by atoms with Crippen molar-refractivity contribution < 1.29 is 9.47 Å². The molecule has 0 aliphatic rings. The molecule has 3 aromatic rings.